The molecule has 0 aliphatic carbocycles. The van der Waals surface area contributed by atoms with Crippen LogP contribution >= 0.6 is 27.5 Å². The first-order chi connectivity index (χ1) is 9.02. The molecule has 19 heavy (non-hydrogen) atoms. The molecule has 0 amide bonds. The van der Waals surface area contributed by atoms with Crippen molar-refractivity contribution in [1.82, 2.24) is 15.1 Å². The SMILES string of the molecule is CNCc1c(C)nn(C)c1Oc1ccc(Br)cc1Cl. The zero-order chi connectivity index (χ0) is 14.0. The molecule has 102 valence electrons. The van der Waals surface area contributed by atoms with Crippen LogP contribution < -0.4 is 10.1 Å². The fraction of sp³-hybridized carbons (Fsp3) is 0.308. The van der Waals surface area contributed by atoms with Crippen LogP contribution in [0.15, 0.2) is 22.7 Å². The molecule has 2 aromatic rings. The molecule has 6 heteroatoms. The monoisotopic (exact) mass is 343 g/mol. The maximum absolute atomic E-state index is 6.17. The predicted molar refractivity (Wildman–Crippen MR) is 79.9 cm³/mol. The molecule has 0 saturated heterocycles. The lowest BCUT2D eigenvalue weighted by Crippen LogP contribution is -2.07. The Kier molecular flexibility index (Phi) is 4.50. The van der Waals surface area contributed by atoms with Crippen molar-refractivity contribution in [2.45, 2.75) is 13.5 Å². The average molecular weight is 345 g/mol. The fourth-order valence-corrected chi connectivity index (χ4v) is 2.56. The quantitative estimate of drug-likeness (QED) is 0.920. The third kappa shape index (κ3) is 3.11. The van der Waals surface area contributed by atoms with E-state index >= 15 is 0 Å². The number of hydrogen-bond acceptors (Lipinski definition) is 3. The van der Waals surface area contributed by atoms with Crippen molar-refractivity contribution in [3.63, 3.8) is 0 Å². The maximum atomic E-state index is 6.17. The average Bonchev–Trinajstić information content (AvgIpc) is 2.60. The van der Waals surface area contributed by atoms with Gasteiger partial charge in [-0.1, -0.05) is 27.5 Å². The molecule has 0 fully saturated rings. The molecule has 0 radical (unpaired) electrons. The Labute approximate surface area is 125 Å². The van der Waals surface area contributed by atoms with Gasteiger partial charge in [-0.05, 0) is 32.2 Å². The van der Waals surface area contributed by atoms with Gasteiger partial charge in [0.15, 0.2) is 0 Å². The van der Waals surface area contributed by atoms with Gasteiger partial charge in [0, 0.05) is 18.1 Å². The van der Waals surface area contributed by atoms with Crippen LogP contribution in [0.2, 0.25) is 5.02 Å². The van der Waals surface area contributed by atoms with Crippen molar-refractivity contribution >= 4 is 27.5 Å². The van der Waals surface area contributed by atoms with E-state index in [1.165, 1.54) is 0 Å². The molecular formula is C13H15BrClN3O. The number of hydrogen-bond donors (Lipinski definition) is 1. The molecule has 0 aliphatic rings. The number of aromatic nitrogens is 2. The molecule has 0 spiro atoms. The van der Waals surface area contributed by atoms with Crippen LogP contribution in [0.1, 0.15) is 11.3 Å². The largest absolute Gasteiger partial charge is 0.437 e. The van der Waals surface area contributed by atoms with Gasteiger partial charge in [-0.25, -0.2) is 4.68 Å². The van der Waals surface area contributed by atoms with Gasteiger partial charge in [-0.3, -0.25) is 0 Å². The summed E-state index contributed by atoms with van der Waals surface area (Å²) < 4.78 is 8.55. The van der Waals surface area contributed by atoms with Gasteiger partial charge < -0.3 is 10.1 Å². The van der Waals surface area contributed by atoms with Crippen LogP contribution in [0.4, 0.5) is 0 Å². The lowest BCUT2D eigenvalue weighted by atomic mass is 10.2. The van der Waals surface area contributed by atoms with Gasteiger partial charge in [-0.15, -0.1) is 0 Å². The van der Waals surface area contributed by atoms with E-state index in [1.807, 2.05) is 33.2 Å². The lowest BCUT2D eigenvalue weighted by molar-refractivity contribution is 0.425. The van der Waals surface area contributed by atoms with Gasteiger partial charge >= 0.3 is 0 Å². The molecule has 0 aliphatic heterocycles. The summed E-state index contributed by atoms with van der Waals surface area (Å²) >= 11 is 9.54. The molecular weight excluding hydrogens is 330 g/mol. The van der Waals surface area contributed by atoms with Crippen LogP contribution in [0.25, 0.3) is 0 Å². The standard InChI is InChI=1S/C13H15BrClN3O/c1-8-10(7-16-2)13(18(3)17-8)19-12-5-4-9(14)6-11(12)15/h4-6,16H,7H2,1-3H3. The molecule has 1 aromatic heterocycles. The molecule has 1 aromatic carbocycles. The van der Waals surface area contributed by atoms with E-state index in [-0.39, 0.29) is 0 Å². The Morgan fingerprint density at radius 1 is 1.47 bits per heavy atom. The second kappa shape index (κ2) is 5.94. The summed E-state index contributed by atoms with van der Waals surface area (Å²) in [5.41, 5.74) is 1.98. The maximum Gasteiger partial charge on any atom is 0.222 e. The number of halogens is 2. The Morgan fingerprint density at radius 3 is 2.84 bits per heavy atom. The molecule has 1 heterocycles. The van der Waals surface area contributed by atoms with Gasteiger partial charge in [0.1, 0.15) is 5.75 Å². The second-order valence-electron chi connectivity index (χ2n) is 4.20. The summed E-state index contributed by atoms with van der Waals surface area (Å²) in [5.74, 6) is 1.32. The lowest BCUT2D eigenvalue weighted by Gasteiger charge is -2.10. The van der Waals surface area contributed by atoms with Crippen LogP contribution in [-0.4, -0.2) is 16.8 Å². The van der Waals surface area contributed by atoms with Crippen LogP contribution in [0, 0.1) is 6.92 Å². The smallest absolute Gasteiger partial charge is 0.222 e. The molecule has 0 saturated carbocycles. The van der Waals surface area contributed by atoms with Crippen molar-refractivity contribution in [2.24, 2.45) is 7.05 Å². The number of rotatable bonds is 4. The summed E-state index contributed by atoms with van der Waals surface area (Å²) in [6, 6.07) is 5.53. The Bertz CT molecular complexity index is 598. The Balaban J connectivity index is 2.37. The van der Waals surface area contributed by atoms with Crippen molar-refractivity contribution in [3.05, 3.63) is 39.0 Å². The number of nitrogens with one attached hydrogen (secondary N) is 1. The number of ether oxygens (including phenoxy) is 1. The van der Waals surface area contributed by atoms with E-state index in [1.54, 1.807) is 10.7 Å². The van der Waals surface area contributed by atoms with Crippen molar-refractivity contribution < 1.29 is 4.74 Å². The van der Waals surface area contributed by atoms with E-state index in [9.17, 15) is 0 Å². The number of benzene rings is 1. The van der Waals surface area contributed by atoms with Crippen molar-refractivity contribution in [1.29, 1.82) is 0 Å². The van der Waals surface area contributed by atoms with E-state index in [0.29, 0.717) is 23.2 Å². The minimum absolute atomic E-state index is 0.559. The molecule has 0 unspecified atom stereocenters. The first-order valence-corrected chi connectivity index (χ1v) is 7.00. The number of nitrogens with zero attached hydrogens (tertiary/aromatic N) is 2. The van der Waals surface area contributed by atoms with E-state index in [0.717, 1.165) is 15.7 Å². The second-order valence-corrected chi connectivity index (χ2v) is 5.52. The van der Waals surface area contributed by atoms with Gasteiger partial charge in [0.2, 0.25) is 5.88 Å². The third-order valence-corrected chi connectivity index (χ3v) is 3.53. The zero-order valence-electron chi connectivity index (χ0n) is 11.0. The van der Waals surface area contributed by atoms with E-state index < -0.39 is 0 Å². The first-order valence-electron chi connectivity index (χ1n) is 5.83. The highest BCUT2D eigenvalue weighted by molar-refractivity contribution is 9.10. The van der Waals surface area contributed by atoms with Crippen molar-refractivity contribution in [3.8, 4) is 11.6 Å². The van der Waals surface area contributed by atoms with Crippen molar-refractivity contribution in [2.75, 3.05) is 7.05 Å². The zero-order valence-corrected chi connectivity index (χ0v) is 13.3. The van der Waals surface area contributed by atoms with E-state index in [2.05, 4.69) is 26.3 Å². The molecule has 4 nitrogen and oxygen atoms in total. The third-order valence-electron chi connectivity index (χ3n) is 2.74. The minimum atomic E-state index is 0.559. The highest BCUT2D eigenvalue weighted by Gasteiger charge is 2.16. The van der Waals surface area contributed by atoms with Crippen LogP contribution in [-0.2, 0) is 13.6 Å². The summed E-state index contributed by atoms with van der Waals surface area (Å²) in [7, 11) is 3.75. The van der Waals surface area contributed by atoms with Crippen LogP contribution in [0.3, 0.4) is 0 Å². The summed E-state index contributed by atoms with van der Waals surface area (Å²) in [5, 5.41) is 8.05. The van der Waals surface area contributed by atoms with Gasteiger partial charge in [-0.2, -0.15) is 5.10 Å². The summed E-state index contributed by atoms with van der Waals surface area (Å²) in [4.78, 5) is 0. The molecule has 2 rings (SSSR count). The minimum Gasteiger partial charge on any atom is -0.437 e. The summed E-state index contributed by atoms with van der Waals surface area (Å²) in [6.45, 7) is 2.66. The predicted octanol–water partition coefficient (Wildman–Crippen LogP) is 3.66. The number of aryl methyl sites for hydroxylation is 2. The summed E-state index contributed by atoms with van der Waals surface area (Å²) in [6.07, 6.45) is 0. The fourth-order valence-electron chi connectivity index (χ4n) is 1.85. The topological polar surface area (TPSA) is 39.1 Å². The molecule has 0 atom stereocenters. The Hall–Kier alpha value is -1.04. The first kappa shape index (κ1) is 14.4. The molecule has 0 bridgehead atoms. The van der Waals surface area contributed by atoms with Crippen LogP contribution in [0.5, 0.6) is 11.6 Å². The molecule has 1 N–H and O–H groups in total. The highest BCUT2D eigenvalue weighted by Crippen LogP contribution is 2.33. The van der Waals surface area contributed by atoms with Gasteiger partial charge in [0.05, 0.1) is 16.3 Å². The highest BCUT2D eigenvalue weighted by atomic mass is 79.9. The Morgan fingerprint density at radius 2 is 2.21 bits per heavy atom. The van der Waals surface area contributed by atoms with Gasteiger partial charge in [0.25, 0.3) is 0 Å². The van der Waals surface area contributed by atoms with E-state index in [4.69, 9.17) is 16.3 Å². The normalized spacial score (nSPS) is 10.8.